The highest BCUT2D eigenvalue weighted by Crippen LogP contribution is 2.26. The zero-order valence-electron chi connectivity index (χ0n) is 6.61. The number of anilines is 1. The van der Waals surface area contributed by atoms with Crippen LogP contribution < -0.4 is 11.3 Å². The first-order valence-corrected chi connectivity index (χ1v) is 4.18. The Balaban J connectivity index is 3.25. The van der Waals surface area contributed by atoms with E-state index in [1.165, 1.54) is 5.56 Å². The molecule has 3 N–H and O–H groups in total. The number of nitrogens with two attached hydrogens (primary N) is 1. The second-order valence-electron chi connectivity index (χ2n) is 2.58. The van der Waals surface area contributed by atoms with Crippen molar-refractivity contribution in [3.05, 3.63) is 27.7 Å². The van der Waals surface area contributed by atoms with Gasteiger partial charge in [0, 0.05) is 4.47 Å². The van der Waals surface area contributed by atoms with Gasteiger partial charge in [0.1, 0.15) is 0 Å². The molecule has 0 fully saturated rings. The number of hydrogen-bond donors (Lipinski definition) is 2. The van der Waals surface area contributed by atoms with E-state index in [0.29, 0.717) is 0 Å². The van der Waals surface area contributed by atoms with Crippen LogP contribution in [0.4, 0.5) is 5.69 Å². The van der Waals surface area contributed by atoms with Crippen LogP contribution in [0.2, 0.25) is 0 Å². The molecule has 0 radical (unpaired) electrons. The predicted molar refractivity (Wildman–Crippen MR) is 51.4 cm³/mol. The molecule has 0 aromatic heterocycles. The summed E-state index contributed by atoms with van der Waals surface area (Å²) >= 11 is 3.42. The van der Waals surface area contributed by atoms with E-state index in [1.807, 2.05) is 13.0 Å². The third kappa shape index (κ3) is 1.73. The van der Waals surface area contributed by atoms with E-state index in [4.69, 9.17) is 5.84 Å². The van der Waals surface area contributed by atoms with Gasteiger partial charge < -0.3 is 5.43 Å². The molecule has 0 aliphatic rings. The van der Waals surface area contributed by atoms with Crippen molar-refractivity contribution in [3.63, 3.8) is 0 Å². The minimum atomic E-state index is 0.954. The van der Waals surface area contributed by atoms with Crippen LogP contribution in [0, 0.1) is 13.8 Å². The number of halogens is 1. The molecular weight excluding hydrogens is 204 g/mol. The third-order valence-corrected chi connectivity index (χ3v) is 2.20. The average molecular weight is 215 g/mol. The molecule has 0 saturated carbocycles. The first-order valence-electron chi connectivity index (χ1n) is 3.38. The minimum absolute atomic E-state index is 0.954. The van der Waals surface area contributed by atoms with Gasteiger partial charge in [-0.2, -0.15) is 0 Å². The number of rotatable bonds is 1. The number of benzene rings is 1. The van der Waals surface area contributed by atoms with Crippen LogP contribution in [-0.2, 0) is 0 Å². The summed E-state index contributed by atoms with van der Waals surface area (Å²) in [5, 5.41) is 0. The SMILES string of the molecule is Cc1cc(C)c(NN)c(Br)c1. The lowest BCUT2D eigenvalue weighted by Gasteiger charge is -2.07. The summed E-state index contributed by atoms with van der Waals surface area (Å²) in [5.41, 5.74) is 5.98. The van der Waals surface area contributed by atoms with Gasteiger partial charge >= 0.3 is 0 Å². The highest BCUT2D eigenvalue weighted by Gasteiger charge is 2.01. The maximum absolute atomic E-state index is 5.32. The van der Waals surface area contributed by atoms with Crippen LogP contribution >= 0.6 is 15.9 Å². The van der Waals surface area contributed by atoms with Crippen molar-refractivity contribution in [3.8, 4) is 0 Å². The second-order valence-corrected chi connectivity index (χ2v) is 3.44. The number of hydrazine groups is 1. The molecular formula is C8H11BrN2. The van der Waals surface area contributed by atoms with Gasteiger partial charge in [-0.3, -0.25) is 5.84 Å². The van der Waals surface area contributed by atoms with Crippen molar-refractivity contribution in [2.24, 2.45) is 5.84 Å². The van der Waals surface area contributed by atoms with Gasteiger partial charge in [-0.05, 0) is 47.0 Å². The fourth-order valence-electron chi connectivity index (χ4n) is 1.10. The Morgan fingerprint density at radius 3 is 2.45 bits per heavy atom. The molecule has 3 heteroatoms. The Hall–Kier alpha value is -0.540. The van der Waals surface area contributed by atoms with E-state index in [-0.39, 0.29) is 0 Å². The van der Waals surface area contributed by atoms with Crippen LogP contribution in [0.15, 0.2) is 16.6 Å². The van der Waals surface area contributed by atoms with Gasteiger partial charge in [-0.15, -0.1) is 0 Å². The lowest BCUT2D eigenvalue weighted by Crippen LogP contribution is -2.08. The first kappa shape index (κ1) is 8.56. The van der Waals surface area contributed by atoms with E-state index in [2.05, 4.69) is 34.3 Å². The predicted octanol–water partition coefficient (Wildman–Crippen LogP) is 2.35. The van der Waals surface area contributed by atoms with E-state index < -0.39 is 0 Å². The summed E-state index contributed by atoms with van der Waals surface area (Å²) in [7, 11) is 0. The smallest absolute Gasteiger partial charge is 0.0656 e. The van der Waals surface area contributed by atoms with Crippen LogP contribution in [0.3, 0.4) is 0 Å². The summed E-state index contributed by atoms with van der Waals surface area (Å²) in [6, 6.07) is 4.11. The van der Waals surface area contributed by atoms with E-state index in [9.17, 15) is 0 Å². The van der Waals surface area contributed by atoms with Gasteiger partial charge in [0.15, 0.2) is 0 Å². The molecule has 0 unspecified atom stereocenters. The van der Waals surface area contributed by atoms with Crippen molar-refractivity contribution in [2.75, 3.05) is 5.43 Å². The molecule has 1 rings (SSSR count). The van der Waals surface area contributed by atoms with E-state index in [1.54, 1.807) is 0 Å². The molecule has 0 bridgehead atoms. The number of aryl methyl sites for hydroxylation is 2. The molecule has 11 heavy (non-hydrogen) atoms. The van der Waals surface area contributed by atoms with Crippen LogP contribution in [-0.4, -0.2) is 0 Å². The molecule has 0 spiro atoms. The van der Waals surface area contributed by atoms with Gasteiger partial charge in [0.2, 0.25) is 0 Å². The second kappa shape index (κ2) is 3.24. The molecule has 0 aliphatic heterocycles. The van der Waals surface area contributed by atoms with Crippen molar-refractivity contribution >= 4 is 21.6 Å². The zero-order valence-corrected chi connectivity index (χ0v) is 8.20. The largest absolute Gasteiger partial charge is 0.323 e. The topological polar surface area (TPSA) is 38.0 Å². The third-order valence-electron chi connectivity index (χ3n) is 1.58. The average Bonchev–Trinajstić information content (AvgIpc) is 1.85. The molecule has 1 aromatic carbocycles. The minimum Gasteiger partial charge on any atom is -0.323 e. The maximum atomic E-state index is 5.32. The van der Waals surface area contributed by atoms with Crippen LogP contribution in [0.5, 0.6) is 0 Å². The van der Waals surface area contributed by atoms with Gasteiger partial charge in [0.05, 0.1) is 5.69 Å². The fourth-order valence-corrected chi connectivity index (χ4v) is 1.89. The highest BCUT2D eigenvalue weighted by molar-refractivity contribution is 9.10. The number of hydrogen-bond acceptors (Lipinski definition) is 2. The molecule has 0 aliphatic carbocycles. The summed E-state index contributed by atoms with van der Waals surface area (Å²) in [6.45, 7) is 4.07. The van der Waals surface area contributed by atoms with Crippen molar-refractivity contribution in [1.82, 2.24) is 0 Å². The molecule has 0 saturated heterocycles. The molecule has 2 nitrogen and oxygen atoms in total. The maximum Gasteiger partial charge on any atom is 0.0656 e. The lowest BCUT2D eigenvalue weighted by molar-refractivity contribution is 1.28. The molecule has 0 atom stereocenters. The monoisotopic (exact) mass is 214 g/mol. The van der Waals surface area contributed by atoms with Crippen LogP contribution in [0.25, 0.3) is 0 Å². The zero-order chi connectivity index (χ0) is 8.43. The quantitative estimate of drug-likeness (QED) is 0.557. The Kier molecular flexibility index (Phi) is 2.52. The molecule has 1 aromatic rings. The Morgan fingerprint density at radius 2 is 2.00 bits per heavy atom. The highest BCUT2D eigenvalue weighted by atomic mass is 79.9. The fraction of sp³-hybridized carbons (Fsp3) is 0.250. The number of nitrogens with one attached hydrogen (secondary N) is 1. The molecule has 0 amide bonds. The van der Waals surface area contributed by atoms with E-state index >= 15 is 0 Å². The number of nitrogen functional groups attached to an aromatic ring is 1. The standard InChI is InChI=1S/C8H11BrN2/c1-5-3-6(2)8(11-10)7(9)4-5/h3-4,11H,10H2,1-2H3. The molecule has 0 heterocycles. The van der Waals surface area contributed by atoms with Crippen molar-refractivity contribution in [2.45, 2.75) is 13.8 Å². The van der Waals surface area contributed by atoms with Crippen molar-refractivity contribution in [1.29, 1.82) is 0 Å². The van der Waals surface area contributed by atoms with Gasteiger partial charge in [0.25, 0.3) is 0 Å². The lowest BCUT2D eigenvalue weighted by atomic mass is 10.1. The Labute approximate surface area is 74.9 Å². The first-order chi connectivity index (χ1) is 5.15. The van der Waals surface area contributed by atoms with Crippen LogP contribution in [0.1, 0.15) is 11.1 Å². The summed E-state index contributed by atoms with van der Waals surface area (Å²) in [4.78, 5) is 0. The Morgan fingerprint density at radius 1 is 1.36 bits per heavy atom. The summed E-state index contributed by atoms with van der Waals surface area (Å²) < 4.78 is 1.01. The summed E-state index contributed by atoms with van der Waals surface area (Å²) in [5.74, 6) is 5.32. The molecule has 60 valence electrons. The van der Waals surface area contributed by atoms with Gasteiger partial charge in [-0.1, -0.05) is 6.07 Å². The Bertz CT molecular complexity index is 248. The summed E-state index contributed by atoms with van der Waals surface area (Å²) in [6.07, 6.45) is 0. The van der Waals surface area contributed by atoms with E-state index in [0.717, 1.165) is 15.7 Å². The van der Waals surface area contributed by atoms with Gasteiger partial charge in [-0.25, -0.2) is 0 Å². The van der Waals surface area contributed by atoms with Crippen molar-refractivity contribution < 1.29 is 0 Å². The normalized spacial score (nSPS) is 9.82.